The van der Waals surface area contributed by atoms with Crippen molar-refractivity contribution in [2.24, 2.45) is 0 Å². The van der Waals surface area contributed by atoms with Crippen molar-refractivity contribution in [1.82, 2.24) is 0 Å². The predicted molar refractivity (Wildman–Crippen MR) is 89.9 cm³/mol. The molecule has 1 atom stereocenters. The number of hydrogen-bond acceptors (Lipinski definition) is 2. The summed E-state index contributed by atoms with van der Waals surface area (Å²) >= 11 is 1.73. The molecule has 0 bridgehead atoms. The van der Waals surface area contributed by atoms with E-state index in [0.29, 0.717) is 11.7 Å². The van der Waals surface area contributed by atoms with Crippen LogP contribution in [0.3, 0.4) is 0 Å². The molecule has 1 fully saturated rings. The van der Waals surface area contributed by atoms with E-state index in [2.05, 4.69) is 49.4 Å². The summed E-state index contributed by atoms with van der Waals surface area (Å²) in [5, 5.41) is 10.6. The predicted octanol–water partition coefficient (Wildman–Crippen LogP) is 5.09. The molecule has 0 saturated heterocycles. The van der Waals surface area contributed by atoms with Crippen LogP contribution < -0.4 is 0 Å². The number of rotatable bonds is 5. The van der Waals surface area contributed by atoms with Crippen LogP contribution in [0.2, 0.25) is 0 Å². The van der Waals surface area contributed by atoms with Crippen molar-refractivity contribution in [3.8, 4) is 0 Å². The summed E-state index contributed by atoms with van der Waals surface area (Å²) in [6.07, 6.45) is 3.49. The molecule has 3 rings (SSSR count). The van der Waals surface area contributed by atoms with Gasteiger partial charge in [0.2, 0.25) is 0 Å². The fourth-order valence-electron chi connectivity index (χ4n) is 2.88. The molecule has 2 aromatic carbocycles. The lowest BCUT2D eigenvalue weighted by molar-refractivity contribution is 0.201. The average Bonchev–Trinajstić information content (AvgIpc) is 2.44. The molecule has 0 spiro atoms. The molecule has 0 radical (unpaired) electrons. The van der Waals surface area contributed by atoms with Gasteiger partial charge in [0, 0.05) is 10.6 Å². The van der Waals surface area contributed by atoms with Gasteiger partial charge in [0.1, 0.15) is 0 Å². The first-order chi connectivity index (χ1) is 10.2. The Morgan fingerprint density at radius 2 is 1.95 bits per heavy atom. The summed E-state index contributed by atoms with van der Waals surface area (Å²) in [6, 6.07) is 16.9. The minimum absolute atomic E-state index is 0.382. The summed E-state index contributed by atoms with van der Waals surface area (Å²) < 4.78 is 0. The van der Waals surface area contributed by atoms with E-state index in [1.54, 1.807) is 11.8 Å². The number of aliphatic hydroxyl groups is 1. The maximum Gasteiger partial charge on any atom is 0.0886 e. The molecule has 2 heteroatoms. The van der Waals surface area contributed by atoms with Gasteiger partial charge in [-0.05, 0) is 48.9 Å². The van der Waals surface area contributed by atoms with Crippen LogP contribution in [-0.2, 0) is 0 Å². The quantitative estimate of drug-likeness (QED) is 0.776. The molecule has 0 aromatic heterocycles. The van der Waals surface area contributed by atoms with E-state index in [4.69, 9.17) is 0 Å². The molecular formula is C19H22OS. The standard InChI is InChI=1S/C19H22OS/c1-14-6-4-9-16(12-14)21-13-19(20)18-11-3-2-10-17(18)15-7-5-8-15/h2-4,6,9-12,15,19-20H,5,7-8,13H2,1H3. The fourth-order valence-corrected chi connectivity index (χ4v) is 3.85. The summed E-state index contributed by atoms with van der Waals surface area (Å²) in [6.45, 7) is 2.10. The number of aryl methyl sites for hydroxylation is 1. The van der Waals surface area contributed by atoms with Gasteiger partial charge in [-0.15, -0.1) is 11.8 Å². The molecule has 2 aromatic rings. The number of benzene rings is 2. The molecule has 1 aliphatic rings. The van der Waals surface area contributed by atoms with Crippen LogP contribution in [0.4, 0.5) is 0 Å². The van der Waals surface area contributed by atoms with Crippen LogP contribution in [0.5, 0.6) is 0 Å². The van der Waals surface area contributed by atoms with Crippen LogP contribution in [0.15, 0.2) is 53.4 Å². The summed E-state index contributed by atoms with van der Waals surface area (Å²) in [5.74, 6) is 1.38. The van der Waals surface area contributed by atoms with Crippen LogP contribution in [0.1, 0.15) is 48.0 Å². The highest BCUT2D eigenvalue weighted by Crippen LogP contribution is 2.40. The molecule has 1 nitrogen and oxygen atoms in total. The van der Waals surface area contributed by atoms with E-state index in [-0.39, 0.29) is 6.10 Å². The third kappa shape index (κ3) is 3.50. The lowest BCUT2D eigenvalue weighted by atomic mass is 9.77. The Bertz CT molecular complexity index is 604. The fraction of sp³-hybridized carbons (Fsp3) is 0.368. The Balaban J connectivity index is 1.69. The highest BCUT2D eigenvalue weighted by Gasteiger charge is 2.24. The highest BCUT2D eigenvalue weighted by molar-refractivity contribution is 7.99. The molecule has 1 saturated carbocycles. The Morgan fingerprint density at radius 1 is 1.14 bits per heavy atom. The first-order valence-electron chi connectivity index (χ1n) is 7.70. The Labute approximate surface area is 131 Å². The van der Waals surface area contributed by atoms with E-state index in [1.807, 2.05) is 6.07 Å². The van der Waals surface area contributed by atoms with Gasteiger partial charge in [-0.2, -0.15) is 0 Å². The summed E-state index contributed by atoms with van der Waals surface area (Å²) in [7, 11) is 0. The van der Waals surface area contributed by atoms with Crippen molar-refractivity contribution in [2.45, 2.75) is 43.1 Å². The molecule has 21 heavy (non-hydrogen) atoms. The third-order valence-electron chi connectivity index (χ3n) is 4.30. The molecular weight excluding hydrogens is 276 g/mol. The zero-order chi connectivity index (χ0) is 14.7. The van der Waals surface area contributed by atoms with Crippen molar-refractivity contribution in [3.63, 3.8) is 0 Å². The topological polar surface area (TPSA) is 20.2 Å². The van der Waals surface area contributed by atoms with E-state index in [0.717, 1.165) is 5.56 Å². The Hall–Kier alpha value is -1.25. The van der Waals surface area contributed by atoms with Gasteiger partial charge in [-0.3, -0.25) is 0 Å². The molecule has 1 unspecified atom stereocenters. The van der Waals surface area contributed by atoms with E-state index in [9.17, 15) is 5.11 Å². The SMILES string of the molecule is Cc1cccc(SCC(O)c2ccccc2C2CCC2)c1. The maximum absolute atomic E-state index is 10.6. The first-order valence-corrected chi connectivity index (χ1v) is 8.69. The van der Waals surface area contributed by atoms with Gasteiger partial charge in [-0.1, -0.05) is 48.4 Å². The van der Waals surface area contributed by atoms with Gasteiger partial charge in [-0.25, -0.2) is 0 Å². The molecule has 0 amide bonds. The molecule has 0 aliphatic heterocycles. The Kier molecular flexibility index (Phi) is 4.67. The van der Waals surface area contributed by atoms with Crippen molar-refractivity contribution in [2.75, 3.05) is 5.75 Å². The highest BCUT2D eigenvalue weighted by atomic mass is 32.2. The van der Waals surface area contributed by atoms with Gasteiger partial charge in [0.05, 0.1) is 6.10 Å². The van der Waals surface area contributed by atoms with Crippen molar-refractivity contribution in [1.29, 1.82) is 0 Å². The second-order valence-corrected chi connectivity index (χ2v) is 6.99. The number of hydrogen-bond donors (Lipinski definition) is 1. The van der Waals surface area contributed by atoms with Crippen LogP contribution in [0, 0.1) is 6.92 Å². The summed E-state index contributed by atoms with van der Waals surface area (Å²) in [5.41, 5.74) is 3.76. The molecule has 0 heterocycles. The largest absolute Gasteiger partial charge is 0.388 e. The normalized spacial score (nSPS) is 16.5. The number of thioether (sulfide) groups is 1. The van der Waals surface area contributed by atoms with E-state index < -0.39 is 0 Å². The summed E-state index contributed by atoms with van der Waals surface area (Å²) in [4.78, 5) is 1.23. The average molecular weight is 298 g/mol. The van der Waals surface area contributed by atoms with Crippen molar-refractivity contribution >= 4 is 11.8 Å². The Morgan fingerprint density at radius 3 is 2.67 bits per heavy atom. The second-order valence-electron chi connectivity index (χ2n) is 5.90. The van der Waals surface area contributed by atoms with Crippen molar-refractivity contribution < 1.29 is 5.11 Å². The van der Waals surface area contributed by atoms with Crippen LogP contribution in [-0.4, -0.2) is 10.9 Å². The zero-order valence-electron chi connectivity index (χ0n) is 12.5. The smallest absolute Gasteiger partial charge is 0.0886 e. The van der Waals surface area contributed by atoms with E-state index >= 15 is 0 Å². The molecule has 1 aliphatic carbocycles. The zero-order valence-corrected chi connectivity index (χ0v) is 13.3. The van der Waals surface area contributed by atoms with Crippen LogP contribution in [0.25, 0.3) is 0 Å². The van der Waals surface area contributed by atoms with Gasteiger partial charge < -0.3 is 5.11 Å². The van der Waals surface area contributed by atoms with E-state index in [1.165, 1.54) is 35.3 Å². The van der Waals surface area contributed by atoms with Crippen molar-refractivity contribution in [3.05, 3.63) is 65.2 Å². The second kappa shape index (κ2) is 6.67. The lowest BCUT2D eigenvalue weighted by Gasteiger charge is -2.29. The monoisotopic (exact) mass is 298 g/mol. The third-order valence-corrected chi connectivity index (χ3v) is 5.37. The number of aliphatic hydroxyl groups excluding tert-OH is 1. The van der Waals surface area contributed by atoms with Gasteiger partial charge >= 0.3 is 0 Å². The molecule has 110 valence electrons. The maximum atomic E-state index is 10.6. The minimum Gasteiger partial charge on any atom is -0.388 e. The van der Waals surface area contributed by atoms with Crippen LogP contribution >= 0.6 is 11.8 Å². The van der Waals surface area contributed by atoms with Gasteiger partial charge in [0.25, 0.3) is 0 Å². The first kappa shape index (κ1) is 14.7. The lowest BCUT2D eigenvalue weighted by Crippen LogP contribution is -2.13. The molecule has 1 N–H and O–H groups in total. The van der Waals surface area contributed by atoms with Gasteiger partial charge in [0.15, 0.2) is 0 Å². The minimum atomic E-state index is -0.382.